The number of alkyl halides is 3. The number of nitrogens with one attached hydrogen (secondary N) is 1. The van der Waals surface area contributed by atoms with Crippen LogP contribution in [-0.2, 0) is 16.2 Å². The monoisotopic (exact) mass is 377 g/mol. The summed E-state index contributed by atoms with van der Waals surface area (Å²) < 4.78 is 63.8. The van der Waals surface area contributed by atoms with Crippen LogP contribution in [-0.4, -0.2) is 15.0 Å². The summed E-state index contributed by atoms with van der Waals surface area (Å²) in [5, 5.41) is -0.559. The second-order valence-corrected chi connectivity index (χ2v) is 6.78. The van der Waals surface area contributed by atoms with Crippen molar-refractivity contribution in [3.8, 4) is 0 Å². The molecule has 0 aromatic heterocycles. The highest BCUT2D eigenvalue weighted by molar-refractivity contribution is 9.11. The van der Waals surface area contributed by atoms with E-state index in [9.17, 15) is 21.6 Å². The average molecular weight is 379 g/mol. The van der Waals surface area contributed by atoms with Crippen LogP contribution < -0.4 is 4.72 Å². The molecule has 0 aliphatic rings. The number of halogens is 5. The maximum absolute atomic E-state index is 12.6. The van der Waals surface area contributed by atoms with Crippen molar-refractivity contribution in [2.75, 3.05) is 6.54 Å². The van der Waals surface area contributed by atoms with Gasteiger partial charge in [0.15, 0.2) is 0 Å². The molecule has 106 valence electrons. The van der Waals surface area contributed by atoms with E-state index in [4.69, 9.17) is 11.6 Å². The summed E-state index contributed by atoms with van der Waals surface area (Å²) in [6.07, 6.45) is -4.72. The van der Waals surface area contributed by atoms with Gasteiger partial charge in [-0.15, -0.1) is 0 Å². The van der Waals surface area contributed by atoms with Crippen molar-refractivity contribution in [2.45, 2.75) is 11.1 Å². The van der Waals surface area contributed by atoms with Gasteiger partial charge in [-0.25, -0.2) is 13.1 Å². The molecule has 0 spiro atoms. The fraction of sp³-hybridized carbons (Fsp3) is 0.200. The Bertz CT molecular complexity index is 601. The lowest BCUT2D eigenvalue weighted by Gasteiger charge is -2.11. The SMILES string of the molecule is C=C(Br)CNS(=O)(=O)c1ccc(Cl)c(C(F)(F)F)c1. The molecule has 0 aliphatic heterocycles. The molecule has 0 fully saturated rings. The Morgan fingerprint density at radius 1 is 1.42 bits per heavy atom. The van der Waals surface area contributed by atoms with Crippen molar-refractivity contribution in [1.82, 2.24) is 4.72 Å². The van der Waals surface area contributed by atoms with Gasteiger partial charge < -0.3 is 0 Å². The smallest absolute Gasteiger partial charge is 0.207 e. The van der Waals surface area contributed by atoms with Crippen LogP contribution >= 0.6 is 27.5 Å². The van der Waals surface area contributed by atoms with Gasteiger partial charge in [0.25, 0.3) is 0 Å². The maximum Gasteiger partial charge on any atom is 0.417 e. The van der Waals surface area contributed by atoms with E-state index in [0.29, 0.717) is 10.5 Å². The first-order valence-electron chi connectivity index (χ1n) is 4.74. The second-order valence-electron chi connectivity index (χ2n) is 3.48. The predicted octanol–water partition coefficient (Wildman–Crippen LogP) is 3.55. The average Bonchev–Trinajstić information content (AvgIpc) is 2.25. The topological polar surface area (TPSA) is 46.2 Å². The molecular weight excluding hydrogens is 371 g/mol. The molecule has 0 saturated carbocycles. The number of sulfonamides is 1. The van der Waals surface area contributed by atoms with Crippen LogP contribution in [0.4, 0.5) is 13.2 Å². The first kappa shape index (κ1) is 16.5. The minimum Gasteiger partial charge on any atom is -0.207 e. The summed E-state index contributed by atoms with van der Waals surface area (Å²) in [6, 6.07) is 2.38. The van der Waals surface area contributed by atoms with Gasteiger partial charge in [-0.05, 0) is 18.2 Å². The second kappa shape index (κ2) is 5.82. The van der Waals surface area contributed by atoms with Crippen LogP contribution in [0.15, 0.2) is 34.2 Å². The van der Waals surface area contributed by atoms with E-state index in [2.05, 4.69) is 27.2 Å². The molecule has 1 aromatic carbocycles. The third-order valence-corrected chi connectivity index (χ3v) is 4.02. The number of hydrogen-bond acceptors (Lipinski definition) is 2. The van der Waals surface area contributed by atoms with Gasteiger partial charge in [0, 0.05) is 11.0 Å². The third-order valence-electron chi connectivity index (χ3n) is 2.01. The third kappa shape index (κ3) is 4.48. The molecule has 0 saturated heterocycles. The van der Waals surface area contributed by atoms with E-state index in [1.807, 2.05) is 0 Å². The Kier molecular flexibility index (Phi) is 5.05. The van der Waals surface area contributed by atoms with Crippen LogP contribution in [0.5, 0.6) is 0 Å². The van der Waals surface area contributed by atoms with E-state index in [1.54, 1.807) is 0 Å². The molecule has 0 amide bonds. The van der Waals surface area contributed by atoms with E-state index >= 15 is 0 Å². The molecule has 9 heteroatoms. The Morgan fingerprint density at radius 3 is 2.47 bits per heavy atom. The van der Waals surface area contributed by atoms with Gasteiger partial charge in [-0.2, -0.15) is 13.2 Å². The summed E-state index contributed by atoms with van der Waals surface area (Å²) in [7, 11) is -4.05. The number of rotatable bonds is 4. The van der Waals surface area contributed by atoms with Crippen LogP contribution in [0.25, 0.3) is 0 Å². The van der Waals surface area contributed by atoms with Crippen LogP contribution in [0.1, 0.15) is 5.56 Å². The molecule has 1 N–H and O–H groups in total. The molecule has 0 bridgehead atoms. The van der Waals surface area contributed by atoms with Gasteiger partial charge in [0.1, 0.15) is 0 Å². The Hall–Kier alpha value is -0.570. The van der Waals surface area contributed by atoms with Crippen molar-refractivity contribution in [2.24, 2.45) is 0 Å². The molecule has 1 aromatic rings. The Morgan fingerprint density at radius 2 is 2.00 bits per heavy atom. The zero-order valence-electron chi connectivity index (χ0n) is 9.26. The highest BCUT2D eigenvalue weighted by Gasteiger charge is 2.34. The molecule has 3 nitrogen and oxygen atoms in total. The summed E-state index contributed by atoms with van der Waals surface area (Å²) in [4.78, 5) is -0.516. The minimum atomic E-state index is -4.72. The standard InChI is InChI=1S/C10H8BrClF3NO2S/c1-6(11)5-16-19(17,18)7-2-3-9(12)8(4-7)10(13,14)15/h2-4,16H,1,5H2. The quantitative estimate of drug-likeness (QED) is 0.871. The first-order chi connectivity index (χ1) is 8.54. The molecule has 0 aliphatic carbocycles. The van der Waals surface area contributed by atoms with E-state index < -0.39 is 31.7 Å². The molecule has 0 heterocycles. The fourth-order valence-corrected chi connectivity index (χ4v) is 2.75. The van der Waals surface area contributed by atoms with Gasteiger partial charge >= 0.3 is 6.18 Å². The van der Waals surface area contributed by atoms with Crippen LogP contribution in [0.2, 0.25) is 5.02 Å². The van der Waals surface area contributed by atoms with Crippen molar-refractivity contribution in [3.63, 3.8) is 0 Å². The zero-order valence-corrected chi connectivity index (χ0v) is 12.4. The highest BCUT2D eigenvalue weighted by atomic mass is 79.9. The number of hydrogen-bond donors (Lipinski definition) is 1. The molecule has 0 unspecified atom stereocenters. The van der Waals surface area contributed by atoms with Crippen molar-refractivity contribution >= 4 is 37.6 Å². The lowest BCUT2D eigenvalue weighted by Crippen LogP contribution is -2.25. The summed E-state index contributed by atoms with van der Waals surface area (Å²) in [5.41, 5.74) is -1.20. The van der Waals surface area contributed by atoms with Crippen LogP contribution in [0, 0.1) is 0 Å². The van der Waals surface area contributed by atoms with Crippen molar-refractivity contribution < 1.29 is 21.6 Å². The Labute approximate surface area is 121 Å². The minimum absolute atomic E-state index is 0.133. The molecule has 0 radical (unpaired) electrons. The lowest BCUT2D eigenvalue weighted by molar-refractivity contribution is -0.137. The van der Waals surface area contributed by atoms with Gasteiger partial charge in [-0.3, -0.25) is 0 Å². The van der Waals surface area contributed by atoms with Crippen LogP contribution in [0.3, 0.4) is 0 Å². The van der Waals surface area contributed by atoms with E-state index in [0.717, 1.165) is 12.1 Å². The Balaban J connectivity index is 3.19. The van der Waals surface area contributed by atoms with E-state index in [-0.39, 0.29) is 6.54 Å². The van der Waals surface area contributed by atoms with Crippen molar-refractivity contribution in [1.29, 1.82) is 0 Å². The summed E-state index contributed by atoms with van der Waals surface area (Å²) >= 11 is 8.34. The highest BCUT2D eigenvalue weighted by Crippen LogP contribution is 2.35. The van der Waals surface area contributed by atoms with Gasteiger partial charge in [0.05, 0.1) is 15.5 Å². The maximum atomic E-state index is 12.6. The van der Waals surface area contributed by atoms with E-state index in [1.165, 1.54) is 0 Å². The first-order valence-corrected chi connectivity index (χ1v) is 7.39. The lowest BCUT2D eigenvalue weighted by atomic mass is 10.2. The molecule has 0 atom stereocenters. The van der Waals surface area contributed by atoms with Gasteiger partial charge in [-0.1, -0.05) is 34.1 Å². The predicted molar refractivity (Wildman–Crippen MR) is 69.7 cm³/mol. The zero-order chi connectivity index (χ0) is 14.8. The largest absolute Gasteiger partial charge is 0.417 e. The summed E-state index contributed by atoms with van der Waals surface area (Å²) in [6.45, 7) is 3.28. The van der Waals surface area contributed by atoms with Crippen molar-refractivity contribution in [3.05, 3.63) is 39.8 Å². The molecular formula is C10H8BrClF3NO2S. The fourth-order valence-electron chi connectivity index (χ4n) is 1.15. The summed E-state index contributed by atoms with van der Waals surface area (Å²) in [5.74, 6) is 0. The normalized spacial score (nSPS) is 12.5. The molecule has 19 heavy (non-hydrogen) atoms. The van der Waals surface area contributed by atoms with Gasteiger partial charge in [0.2, 0.25) is 10.0 Å². The molecule has 1 rings (SSSR count). The number of benzene rings is 1.